The fourth-order valence-electron chi connectivity index (χ4n) is 2.49. The summed E-state index contributed by atoms with van der Waals surface area (Å²) in [6.07, 6.45) is -0.0595. The summed E-state index contributed by atoms with van der Waals surface area (Å²) >= 11 is 0. The Bertz CT molecular complexity index is 726. The average Bonchev–Trinajstić information content (AvgIpc) is 3.02. The van der Waals surface area contributed by atoms with Gasteiger partial charge in [0, 0.05) is 11.4 Å². The van der Waals surface area contributed by atoms with Crippen molar-refractivity contribution in [1.29, 1.82) is 0 Å². The molecule has 124 valence electrons. The fraction of sp³-hybridized carbons (Fsp3) is 0.222. The van der Waals surface area contributed by atoms with Crippen molar-refractivity contribution in [3.8, 4) is 5.75 Å². The van der Waals surface area contributed by atoms with Crippen LogP contribution in [0.3, 0.4) is 0 Å². The lowest BCUT2D eigenvalue weighted by Gasteiger charge is -2.13. The molecule has 1 aliphatic heterocycles. The number of carbonyl (C=O) groups excluding carboxylic acids is 2. The minimum absolute atomic E-state index is 0.103. The molecule has 1 saturated heterocycles. The first kappa shape index (κ1) is 15.9. The van der Waals surface area contributed by atoms with E-state index in [9.17, 15) is 9.59 Å². The Kier molecular flexibility index (Phi) is 4.65. The van der Waals surface area contributed by atoms with E-state index in [0.29, 0.717) is 18.8 Å². The minimum atomic E-state index is -0.341. The van der Waals surface area contributed by atoms with Crippen LogP contribution in [-0.2, 0) is 16.0 Å². The highest BCUT2D eigenvalue weighted by Gasteiger charge is 2.23. The molecule has 1 fully saturated rings. The Morgan fingerprint density at radius 3 is 2.46 bits per heavy atom. The first-order chi connectivity index (χ1) is 11.7. The zero-order valence-electron chi connectivity index (χ0n) is 13.3. The predicted octanol–water partition coefficient (Wildman–Crippen LogP) is 2.83. The molecule has 24 heavy (non-hydrogen) atoms. The highest BCUT2D eigenvalue weighted by molar-refractivity contribution is 5.93. The third-order valence-corrected chi connectivity index (χ3v) is 3.75. The van der Waals surface area contributed by atoms with E-state index in [4.69, 9.17) is 9.47 Å². The number of cyclic esters (lactones) is 1. The molecule has 0 aliphatic carbocycles. The van der Waals surface area contributed by atoms with Gasteiger partial charge in [0.2, 0.25) is 5.91 Å². The van der Waals surface area contributed by atoms with Crippen LogP contribution in [0.1, 0.15) is 5.56 Å². The normalized spacial score (nSPS) is 13.5. The van der Waals surface area contributed by atoms with Crippen molar-refractivity contribution in [1.82, 2.24) is 0 Å². The number of benzene rings is 2. The van der Waals surface area contributed by atoms with Crippen molar-refractivity contribution >= 4 is 23.4 Å². The van der Waals surface area contributed by atoms with Crippen molar-refractivity contribution in [2.45, 2.75) is 6.42 Å². The van der Waals surface area contributed by atoms with E-state index in [1.165, 1.54) is 0 Å². The number of rotatable bonds is 5. The largest absolute Gasteiger partial charge is 0.497 e. The molecule has 1 heterocycles. The Balaban J connectivity index is 1.58. The van der Waals surface area contributed by atoms with Crippen LogP contribution in [0.25, 0.3) is 0 Å². The van der Waals surface area contributed by atoms with Gasteiger partial charge >= 0.3 is 6.09 Å². The van der Waals surface area contributed by atoms with Crippen LogP contribution in [-0.4, -0.2) is 32.3 Å². The van der Waals surface area contributed by atoms with E-state index in [1.807, 2.05) is 24.3 Å². The van der Waals surface area contributed by atoms with Gasteiger partial charge in [-0.1, -0.05) is 12.1 Å². The highest BCUT2D eigenvalue weighted by Crippen LogP contribution is 2.21. The molecule has 0 spiro atoms. The molecule has 0 unspecified atom stereocenters. The van der Waals surface area contributed by atoms with Gasteiger partial charge in [-0.25, -0.2) is 4.79 Å². The average molecular weight is 326 g/mol. The lowest BCUT2D eigenvalue weighted by molar-refractivity contribution is -0.115. The Labute approximate surface area is 140 Å². The number of ether oxygens (including phenoxy) is 2. The van der Waals surface area contributed by atoms with Gasteiger partial charge in [-0.15, -0.1) is 0 Å². The molecule has 0 radical (unpaired) electrons. The van der Waals surface area contributed by atoms with E-state index in [0.717, 1.165) is 17.0 Å². The summed E-state index contributed by atoms with van der Waals surface area (Å²) in [5, 5.41) is 2.84. The fourth-order valence-corrected chi connectivity index (χ4v) is 2.49. The van der Waals surface area contributed by atoms with Crippen molar-refractivity contribution in [3.63, 3.8) is 0 Å². The molecule has 3 rings (SSSR count). The first-order valence-corrected chi connectivity index (χ1v) is 7.63. The second kappa shape index (κ2) is 7.04. The van der Waals surface area contributed by atoms with Crippen LogP contribution in [0.4, 0.5) is 16.2 Å². The van der Waals surface area contributed by atoms with Crippen molar-refractivity contribution in [2.75, 3.05) is 30.5 Å². The maximum atomic E-state index is 12.1. The molecule has 2 amide bonds. The van der Waals surface area contributed by atoms with Gasteiger partial charge in [0.05, 0.1) is 20.1 Å². The number of anilines is 2. The van der Waals surface area contributed by atoms with Gasteiger partial charge < -0.3 is 14.8 Å². The molecule has 6 heteroatoms. The van der Waals surface area contributed by atoms with Crippen LogP contribution in [0, 0.1) is 0 Å². The number of nitrogens with zero attached hydrogens (tertiary/aromatic N) is 1. The molecular formula is C18H18N2O4. The smallest absolute Gasteiger partial charge is 0.414 e. The van der Waals surface area contributed by atoms with Gasteiger partial charge in [-0.05, 0) is 42.0 Å². The van der Waals surface area contributed by atoms with Gasteiger partial charge in [0.25, 0.3) is 0 Å². The summed E-state index contributed by atoms with van der Waals surface area (Å²) < 4.78 is 10.00. The van der Waals surface area contributed by atoms with Gasteiger partial charge in [-0.2, -0.15) is 0 Å². The number of nitrogens with one attached hydrogen (secondary N) is 1. The molecule has 1 N–H and O–H groups in total. The highest BCUT2D eigenvalue weighted by atomic mass is 16.6. The van der Waals surface area contributed by atoms with Crippen LogP contribution < -0.4 is 15.0 Å². The van der Waals surface area contributed by atoms with Gasteiger partial charge in [0.15, 0.2) is 0 Å². The van der Waals surface area contributed by atoms with Crippen LogP contribution >= 0.6 is 0 Å². The number of hydrogen-bond donors (Lipinski definition) is 1. The van der Waals surface area contributed by atoms with E-state index >= 15 is 0 Å². The predicted molar refractivity (Wildman–Crippen MR) is 90.5 cm³/mol. The lowest BCUT2D eigenvalue weighted by Crippen LogP contribution is -2.23. The maximum absolute atomic E-state index is 12.1. The molecule has 0 saturated carbocycles. The van der Waals surface area contributed by atoms with Crippen LogP contribution in [0.15, 0.2) is 48.5 Å². The summed E-state index contributed by atoms with van der Waals surface area (Å²) in [5.41, 5.74) is 2.35. The van der Waals surface area contributed by atoms with Crippen LogP contribution in [0.5, 0.6) is 5.75 Å². The summed E-state index contributed by atoms with van der Waals surface area (Å²) in [6, 6.07) is 14.5. The van der Waals surface area contributed by atoms with Gasteiger partial charge in [-0.3, -0.25) is 9.69 Å². The van der Waals surface area contributed by atoms with E-state index in [-0.39, 0.29) is 18.4 Å². The standard InChI is InChI=1S/C18H18N2O4/c1-23-16-8-2-13(3-9-16)12-17(21)19-14-4-6-15(7-5-14)20-10-11-24-18(20)22/h2-9H,10-12H2,1H3,(H,19,21). The molecule has 2 aromatic rings. The van der Waals surface area contributed by atoms with Crippen molar-refractivity contribution in [3.05, 3.63) is 54.1 Å². The molecular weight excluding hydrogens is 308 g/mol. The minimum Gasteiger partial charge on any atom is -0.497 e. The monoisotopic (exact) mass is 326 g/mol. The molecule has 1 aliphatic rings. The van der Waals surface area contributed by atoms with E-state index < -0.39 is 0 Å². The quantitative estimate of drug-likeness (QED) is 0.917. The second-order valence-corrected chi connectivity index (χ2v) is 5.39. The number of hydrogen-bond acceptors (Lipinski definition) is 4. The molecule has 0 bridgehead atoms. The second-order valence-electron chi connectivity index (χ2n) is 5.39. The summed E-state index contributed by atoms with van der Waals surface area (Å²) in [4.78, 5) is 25.2. The van der Waals surface area contributed by atoms with Crippen LogP contribution in [0.2, 0.25) is 0 Å². The van der Waals surface area contributed by atoms with E-state index in [2.05, 4.69) is 5.32 Å². The third kappa shape index (κ3) is 3.65. The Morgan fingerprint density at radius 1 is 1.17 bits per heavy atom. The topological polar surface area (TPSA) is 67.9 Å². The summed E-state index contributed by atoms with van der Waals surface area (Å²) in [5.74, 6) is 0.656. The zero-order valence-corrected chi connectivity index (χ0v) is 13.3. The van der Waals surface area contributed by atoms with Crippen molar-refractivity contribution in [2.24, 2.45) is 0 Å². The maximum Gasteiger partial charge on any atom is 0.414 e. The van der Waals surface area contributed by atoms with Crippen molar-refractivity contribution < 1.29 is 19.1 Å². The molecule has 0 atom stereocenters. The molecule has 0 aromatic heterocycles. The van der Waals surface area contributed by atoms with E-state index in [1.54, 1.807) is 36.3 Å². The molecule has 6 nitrogen and oxygen atoms in total. The van der Waals surface area contributed by atoms with Gasteiger partial charge in [0.1, 0.15) is 12.4 Å². The zero-order chi connectivity index (χ0) is 16.9. The Morgan fingerprint density at radius 2 is 1.88 bits per heavy atom. The summed E-state index contributed by atoms with van der Waals surface area (Å²) in [7, 11) is 1.60. The number of methoxy groups -OCH3 is 1. The molecule has 2 aromatic carbocycles. The number of carbonyl (C=O) groups is 2. The SMILES string of the molecule is COc1ccc(CC(=O)Nc2ccc(N3CCOC3=O)cc2)cc1. The first-order valence-electron chi connectivity index (χ1n) is 7.63. The third-order valence-electron chi connectivity index (χ3n) is 3.75. The number of amides is 2. The lowest BCUT2D eigenvalue weighted by atomic mass is 10.1. The summed E-state index contributed by atoms with van der Waals surface area (Å²) in [6.45, 7) is 0.946. The Hall–Kier alpha value is -3.02.